The number of benzene rings is 1. The fourth-order valence-electron chi connectivity index (χ4n) is 1.48. The van der Waals surface area contributed by atoms with Gasteiger partial charge in [0.05, 0.1) is 11.0 Å². The highest BCUT2D eigenvalue weighted by Gasteiger charge is 2.05. The Balaban J connectivity index is 2.39. The first-order valence-corrected chi connectivity index (χ1v) is 5.93. The molecule has 1 aromatic heterocycles. The molecule has 1 heterocycles. The van der Waals surface area contributed by atoms with Crippen molar-refractivity contribution in [3.63, 3.8) is 0 Å². The van der Waals surface area contributed by atoms with Gasteiger partial charge in [0.15, 0.2) is 5.69 Å². The zero-order chi connectivity index (χ0) is 13.1. The van der Waals surface area contributed by atoms with Gasteiger partial charge in [-0.2, -0.15) is 0 Å². The van der Waals surface area contributed by atoms with Gasteiger partial charge in [0.2, 0.25) is 0 Å². The third-order valence-corrected chi connectivity index (χ3v) is 2.88. The van der Waals surface area contributed by atoms with Gasteiger partial charge >= 0.3 is 0 Å². The van der Waals surface area contributed by atoms with Crippen LogP contribution in [0.25, 0.3) is 4.85 Å². The van der Waals surface area contributed by atoms with E-state index in [0.717, 1.165) is 10.2 Å². The summed E-state index contributed by atoms with van der Waals surface area (Å²) >= 11 is 3.34. The zero-order valence-corrected chi connectivity index (χ0v) is 11.1. The van der Waals surface area contributed by atoms with E-state index in [9.17, 15) is 4.79 Å². The topological polar surface area (TPSA) is 46.5 Å². The van der Waals surface area contributed by atoms with Crippen LogP contribution >= 0.6 is 15.9 Å². The summed E-state index contributed by atoms with van der Waals surface area (Å²) in [5.74, 6) is 0.951. The molecule has 5 heteroatoms. The summed E-state index contributed by atoms with van der Waals surface area (Å²) in [6.07, 6.45) is 0. The molecule has 0 atom stereocenters. The van der Waals surface area contributed by atoms with Gasteiger partial charge in [0, 0.05) is 17.8 Å². The smallest absolute Gasteiger partial charge is 0.251 e. The Morgan fingerprint density at radius 2 is 2.11 bits per heavy atom. The van der Waals surface area contributed by atoms with Crippen molar-refractivity contribution in [3.05, 3.63) is 62.3 Å². The Hall–Kier alpha value is -2.06. The van der Waals surface area contributed by atoms with Crippen molar-refractivity contribution in [2.24, 2.45) is 0 Å². The molecule has 0 aliphatic carbocycles. The lowest BCUT2D eigenvalue weighted by atomic mass is 10.3. The van der Waals surface area contributed by atoms with Crippen molar-refractivity contribution in [1.29, 1.82) is 0 Å². The van der Waals surface area contributed by atoms with Crippen molar-refractivity contribution >= 4 is 21.6 Å². The lowest BCUT2D eigenvalue weighted by Crippen LogP contribution is -2.05. The van der Waals surface area contributed by atoms with Gasteiger partial charge < -0.3 is 9.72 Å². The SMILES string of the molecule is [C-]#[N+]c1ccc(Br)c(Oc2cc(C)[nH]c(=O)c2)c1. The van der Waals surface area contributed by atoms with E-state index in [2.05, 4.69) is 25.8 Å². The molecule has 90 valence electrons. The van der Waals surface area contributed by atoms with E-state index in [0.29, 0.717) is 17.2 Å². The number of nitrogens with one attached hydrogen (secondary N) is 1. The molecule has 0 saturated heterocycles. The third kappa shape index (κ3) is 2.79. The molecule has 0 fully saturated rings. The Bertz CT molecular complexity index is 686. The first-order valence-electron chi connectivity index (χ1n) is 5.14. The van der Waals surface area contributed by atoms with Crippen LogP contribution in [0.2, 0.25) is 0 Å². The largest absolute Gasteiger partial charge is 0.457 e. The molecule has 18 heavy (non-hydrogen) atoms. The minimum absolute atomic E-state index is 0.220. The normalized spacial score (nSPS) is 9.83. The second kappa shape index (κ2) is 5.07. The van der Waals surface area contributed by atoms with Crippen molar-refractivity contribution < 1.29 is 4.74 Å². The predicted octanol–water partition coefficient (Wildman–Crippen LogP) is 3.79. The van der Waals surface area contributed by atoms with Gasteiger partial charge in [-0.3, -0.25) is 4.79 Å². The molecule has 1 aromatic carbocycles. The van der Waals surface area contributed by atoms with Crippen molar-refractivity contribution in [1.82, 2.24) is 4.98 Å². The average Bonchev–Trinajstić information content (AvgIpc) is 2.30. The van der Waals surface area contributed by atoms with E-state index < -0.39 is 0 Å². The second-order valence-electron chi connectivity index (χ2n) is 3.69. The van der Waals surface area contributed by atoms with Gasteiger partial charge in [0.25, 0.3) is 5.56 Å². The molecular formula is C13H9BrN2O2. The maximum atomic E-state index is 11.3. The Kier molecular flexibility index (Phi) is 3.49. The lowest BCUT2D eigenvalue weighted by molar-refractivity contribution is 0.478. The molecule has 0 bridgehead atoms. The fraction of sp³-hybridized carbons (Fsp3) is 0.0769. The zero-order valence-electron chi connectivity index (χ0n) is 9.53. The quantitative estimate of drug-likeness (QED) is 0.858. The lowest BCUT2D eigenvalue weighted by Gasteiger charge is -2.08. The van der Waals surface area contributed by atoms with Crippen LogP contribution in [0.15, 0.2) is 39.6 Å². The highest BCUT2D eigenvalue weighted by atomic mass is 79.9. The molecular weight excluding hydrogens is 296 g/mol. The van der Waals surface area contributed by atoms with E-state index in [-0.39, 0.29) is 5.56 Å². The van der Waals surface area contributed by atoms with Crippen LogP contribution in [0.4, 0.5) is 5.69 Å². The Labute approximate surface area is 112 Å². The number of aromatic amines is 1. The predicted molar refractivity (Wildman–Crippen MR) is 72.3 cm³/mol. The van der Waals surface area contributed by atoms with Gasteiger partial charge in [0.1, 0.15) is 11.5 Å². The highest BCUT2D eigenvalue weighted by molar-refractivity contribution is 9.10. The van der Waals surface area contributed by atoms with Crippen molar-refractivity contribution in [2.75, 3.05) is 0 Å². The molecule has 0 aliphatic rings. The van der Waals surface area contributed by atoms with Crippen molar-refractivity contribution in [3.8, 4) is 11.5 Å². The number of hydrogen-bond acceptors (Lipinski definition) is 2. The maximum Gasteiger partial charge on any atom is 0.251 e. The number of ether oxygens (including phenoxy) is 1. The standard InChI is InChI=1S/C13H9BrN2O2/c1-8-5-10(7-13(17)16-8)18-12-6-9(15-2)3-4-11(12)14/h3-7H,1H3,(H,16,17). The van der Waals surface area contributed by atoms with E-state index in [1.165, 1.54) is 6.07 Å². The van der Waals surface area contributed by atoms with E-state index in [1.807, 2.05) is 0 Å². The van der Waals surface area contributed by atoms with Crippen LogP contribution in [0.3, 0.4) is 0 Å². The minimum atomic E-state index is -0.220. The summed E-state index contributed by atoms with van der Waals surface area (Å²) in [6, 6.07) is 8.13. The first-order chi connectivity index (χ1) is 8.58. The van der Waals surface area contributed by atoms with E-state index in [4.69, 9.17) is 11.3 Å². The molecule has 0 unspecified atom stereocenters. The summed E-state index contributed by atoms with van der Waals surface area (Å²) in [4.78, 5) is 17.3. The fourth-order valence-corrected chi connectivity index (χ4v) is 1.80. The highest BCUT2D eigenvalue weighted by Crippen LogP contribution is 2.32. The molecule has 0 radical (unpaired) electrons. The number of aryl methyl sites for hydroxylation is 1. The molecule has 2 rings (SSSR count). The molecule has 4 nitrogen and oxygen atoms in total. The van der Waals surface area contributed by atoms with Crippen molar-refractivity contribution in [2.45, 2.75) is 6.92 Å². The van der Waals surface area contributed by atoms with Gasteiger partial charge in [-0.05, 0) is 28.9 Å². The van der Waals surface area contributed by atoms with Gasteiger partial charge in [-0.1, -0.05) is 12.1 Å². The molecule has 0 spiro atoms. The number of rotatable bonds is 2. The number of pyridine rings is 1. The molecule has 0 aliphatic heterocycles. The van der Waals surface area contributed by atoms with Gasteiger partial charge in [-0.15, -0.1) is 0 Å². The van der Waals surface area contributed by atoms with Crippen LogP contribution in [-0.2, 0) is 0 Å². The summed E-state index contributed by atoms with van der Waals surface area (Å²) < 4.78 is 6.33. The van der Waals surface area contributed by atoms with E-state index >= 15 is 0 Å². The van der Waals surface area contributed by atoms with Crippen LogP contribution in [0.1, 0.15) is 5.69 Å². The Morgan fingerprint density at radius 1 is 1.33 bits per heavy atom. The summed E-state index contributed by atoms with van der Waals surface area (Å²) in [5, 5.41) is 0. The third-order valence-electron chi connectivity index (χ3n) is 2.22. The van der Waals surface area contributed by atoms with Crippen LogP contribution in [-0.4, -0.2) is 4.98 Å². The Morgan fingerprint density at radius 3 is 2.78 bits per heavy atom. The number of aromatic nitrogens is 1. The first kappa shape index (κ1) is 12.4. The summed E-state index contributed by atoms with van der Waals surface area (Å²) in [6.45, 7) is 8.73. The number of hydrogen-bond donors (Lipinski definition) is 1. The van der Waals surface area contributed by atoms with Crippen LogP contribution in [0, 0.1) is 13.5 Å². The number of nitrogens with zero attached hydrogens (tertiary/aromatic N) is 1. The minimum Gasteiger partial charge on any atom is -0.457 e. The number of halogens is 1. The molecule has 2 aromatic rings. The molecule has 0 amide bonds. The maximum absolute atomic E-state index is 11.3. The average molecular weight is 305 g/mol. The number of H-pyrrole nitrogens is 1. The van der Waals surface area contributed by atoms with Crippen LogP contribution < -0.4 is 10.3 Å². The summed E-state index contributed by atoms with van der Waals surface area (Å²) in [7, 11) is 0. The monoisotopic (exact) mass is 304 g/mol. The molecule has 1 N–H and O–H groups in total. The summed E-state index contributed by atoms with van der Waals surface area (Å²) in [5.41, 5.74) is 0.979. The second-order valence-corrected chi connectivity index (χ2v) is 4.55. The molecule has 0 saturated carbocycles. The van der Waals surface area contributed by atoms with Gasteiger partial charge in [-0.25, -0.2) is 4.85 Å². The van der Waals surface area contributed by atoms with Crippen LogP contribution in [0.5, 0.6) is 11.5 Å². The van der Waals surface area contributed by atoms with E-state index in [1.54, 1.807) is 31.2 Å².